The van der Waals surface area contributed by atoms with Crippen LogP contribution >= 0.6 is 0 Å². The monoisotopic (exact) mass is 354 g/mol. The summed E-state index contributed by atoms with van der Waals surface area (Å²) >= 11 is 0. The Labute approximate surface area is 144 Å². The van der Waals surface area contributed by atoms with Gasteiger partial charge in [-0.05, 0) is 43.2 Å². The molecule has 2 aliphatic rings. The highest BCUT2D eigenvalue weighted by molar-refractivity contribution is 6.07. The molecule has 0 bridgehead atoms. The number of hydrogen-bond acceptors (Lipinski definition) is 2. The molecule has 3 amide bonds. The third kappa shape index (κ3) is 3.24. The second kappa shape index (κ2) is 6.35. The molecule has 4 nitrogen and oxygen atoms in total. The molecule has 1 aromatic carbocycles. The maximum atomic E-state index is 13.1. The first-order valence-electron chi connectivity index (χ1n) is 8.56. The minimum atomic E-state index is -4.52. The molecule has 25 heavy (non-hydrogen) atoms. The van der Waals surface area contributed by atoms with E-state index in [0.29, 0.717) is 18.8 Å². The zero-order valence-electron chi connectivity index (χ0n) is 14.0. The van der Waals surface area contributed by atoms with Crippen molar-refractivity contribution in [2.24, 2.45) is 5.92 Å². The van der Waals surface area contributed by atoms with Gasteiger partial charge in [0.15, 0.2) is 0 Å². The van der Waals surface area contributed by atoms with Gasteiger partial charge in [-0.15, -0.1) is 0 Å². The van der Waals surface area contributed by atoms with Crippen molar-refractivity contribution in [2.45, 2.75) is 57.3 Å². The molecule has 0 aromatic heterocycles. The number of amides is 3. The van der Waals surface area contributed by atoms with Crippen molar-refractivity contribution in [3.8, 4) is 0 Å². The number of nitrogens with one attached hydrogen (secondary N) is 1. The summed E-state index contributed by atoms with van der Waals surface area (Å²) in [5, 5.41) is 2.75. The first kappa shape index (κ1) is 17.8. The van der Waals surface area contributed by atoms with Crippen LogP contribution in [-0.2, 0) is 17.5 Å². The first-order chi connectivity index (χ1) is 11.8. The van der Waals surface area contributed by atoms with Crippen molar-refractivity contribution in [1.29, 1.82) is 0 Å². The van der Waals surface area contributed by atoms with Crippen LogP contribution in [0, 0.1) is 5.92 Å². The smallest absolute Gasteiger partial charge is 0.323 e. The quantitative estimate of drug-likeness (QED) is 0.831. The number of imide groups is 1. The van der Waals surface area contributed by atoms with Gasteiger partial charge in [0.1, 0.15) is 5.54 Å². The van der Waals surface area contributed by atoms with E-state index in [1.165, 1.54) is 18.2 Å². The van der Waals surface area contributed by atoms with E-state index in [2.05, 4.69) is 12.2 Å². The van der Waals surface area contributed by atoms with Crippen molar-refractivity contribution < 1.29 is 22.8 Å². The fourth-order valence-electron chi connectivity index (χ4n) is 3.84. The van der Waals surface area contributed by atoms with E-state index < -0.39 is 29.2 Å². The molecular weight excluding hydrogens is 333 g/mol. The van der Waals surface area contributed by atoms with Crippen LogP contribution in [0.4, 0.5) is 18.0 Å². The number of carbonyl (C=O) groups excluding carboxylic acids is 2. The molecule has 1 aliphatic carbocycles. The van der Waals surface area contributed by atoms with Gasteiger partial charge in [-0.25, -0.2) is 4.79 Å². The SMILES string of the molecule is CCC1CCC2(CC1)NC(=O)N(Cc1ccccc1C(F)(F)F)C2=O. The molecule has 1 N–H and O–H groups in total. The van der Waals surface area contributed by atoms with Crippen LogP contribution in [0.5, 0.6) is 0 Å². The third-order valence-electron chi connectivity index (χ3n) is 5.43. The van der Waals surface area contributed by atoms with E-state index >= 15 is 0 Å². The van der Waals surface area contributed by atoms with Crippen LogP contribution in [0.15, 0.2) is 24.3 Å². The molecular formula is C18H21F3N2O2. The van der Waals surface area contributed by atoms with E-state index in [1.54, 1.807) is 0 Å². The highest BCUT2D eigenvalue weighted by Crippen LogP contribution is 2.39. The molecule has 0 unspecified atom stereocenters. The Morgan fingerprint density at radius 3 is 2.44 bits per heavy atom. The number of rotatable bonds is 3. The van der Waals surface area contributed by atoms with Gasteiger partial charge in [0.2, 0.25) is 0 Å². The third-order valence-corrected chi connectivity index (χ3v) is 5.43. The minimum absolute atomic E-state index is 0.0715. The largest absolute Gasteiger partial charge is 0.416 e. The van der Waals surface area contributed by atoms with Gasteiger partial charge in [-0.3, -0.25) is 9.69 Å². The highest BCUT2D eigenvalue weighted by Gasteiger charge is 2.52. The maximum absolute atomic E-state index is 13.1. The van der Waals surface area contributed by atoms with Crippen LogP contribution in [0.25, 0.3) is 0 Å². The molecule has 1 aromatic rings. The number of benzene rings is 1. The number of carbonyl (C=O) groups is 2. The van der Waals surface area contributed by atoms with E-state index in [4.69, 9.17) is 0 Å². The van der Waals surface area contributed by atoms with Gasteiger partial charge in [0.25, 0.3) is 5.91 Å². The molecule has 136 valence electrons. The van der Waals surface area contributed by atoms with Crippen molar-refractivity contribution in [1.82, 2.24) is 10.2 Å². The van der Waals surface area contributed by atoms with Crippen LogP contribution < -0.4 is 5.32 Å². The molecule has 0 radical (unpaired) electrons. The predicted octanol–water partition coefficient (Wildman–Crippen LogP) is 4.10. The van der Waals surface area contributed by atoms with Crippen molar-refractivity contribution in [3.63, 3.8) is 0 Å². The molecule has 2 fully saturated rings. The number of hydrogen-bond donors (Lipinski definition) is 1. The van der Waals surface area contributed by atoms with Crippen LogP contribution in [-0.4, -0.2) is 22.4 Å². The molecule has 1 heterocycles. The van der Waals surface area contributed by atoms with E-state index in [0.717, 1.165) is 30.2 Å². The number of alkyl halides is 3. The van der Waals surface area contributed by atoms with Crippen LogP contribution in [0.3, 0.4) is 0 Å². The Morgan fingerprint density at radius 2 is 1.84 bits per heavy atom. The molecule has 1 spiro atoms. The summed E-state index contributed by atoms with van der Waals surface area (Å²) in [4.78, 5) is 26.0. The summed E-state index contributed by atoms with van der Waals surface area (Å²) in [5.41, 5.74) is -1.82. The maximum Gasteiger partial charge on any atom is 0.416 e. The lowest BCUT2D eigenvalue weighted by atomic mass is 9.75. The lowest BCUT2D eigenvalue weighted by Crippen LogP contribution is -2.49. The summed E-state index contributed by atoms with van der Waals surface area (Å²) in [6, 6.07) is 4.45. The Morgan fingerprint density at radius 1 is 1.20 bits per heavy atom. The highest BCUT2D eigenvalue weighted by atomic mass is 19.4. The second-order valence-corrected chi connectivity index (χ2v) is 6.91. The van der Waals surface area contributed by atoms with Crippen LogP contribution in [0.2, 0.25) is 0 Å². The van der Waals surface area contributed by atoms with Gasteiger partial charge in [-0.1, -0.05) is 31.5 Å². The summed E-state index contributed by atoms with van der Waals surface area (Å²) in [6.45, 7) is 1.73. The normalized spacial score (nSPS) is 27.0. The van der Waals surface area contributed by atoms with Crippen molar-refractivity contribution in [3.05, 3.63) is 35.4 Å². The summed E-state index contributed by atoms with van der Waals surface area (Å²) in [7, 11) is 0. The predicted molar refractivity (Wildman–Crippen MR) is 85.5 cm³/mol. The van der Waals surface area contributed by atoms with E-state index in [9.17, 15) is 22.8 Å². The number of nitrogens with zero attached hydrogens (tertiary/aromatic N) is 1. The standard InChI is InChI=1S/C18H21F3N2O2/c1-2-12-7-9-17(10-8-12)15(24)23(16(25)22-17)11-13-5-3-4-6-14(13)18(19,20)21/h3-6,12H,2,7-11H2,1H3,(H,22,25). The van der Waals surface area contributed by atoms with Gasteiger partial charge < -0.3 is 5.32 Å². The van der Waals surface area contributed by atoms with Crippen molar-refractivity contribution in [2.75, 3.05) is 0 Å². The van der Waals surface area contributed by atoms with Crippen molar-refractivity contribution >= 4 is 11.9 Å². The Bertz CT molecular complexity index is 679. The number of halogens is 3. The second-order valence-electron chi connectivity index (χ2n) is 6.91. The van der Waals surface area contributed by atoms with Gasteiger partial charge in [0, 0.05) is 0 Å². The average Bonchev–Trinajstić information content (AvgIpc) is 2.79. The van der Waals surface area contributed by atoms with Gasteiger partial charge in [0.05, 0.1) is 12.1 Å². The van der Waals surface area contributed by atoms with Crippen LogP contribution in [0.1, 0.15) is 50.2 Å². The Hall–Kier alpha value is -2.05. The van der Waals surface area contributed by atoms with Gasteiger partial charge in [-0.2, -0.15) is 13.2 Å². The zero-order chi connectivity index (χ0) is 18.2. The van der Waals surface area contributed by atoms with Gasteiger partial charge >= 0.3 is 12.2 Å². The summed E-state index contributed by atoms with van der Waals surface area (Å²) in [6.07, 6.45) is -0.709. The Kier molecular flexibility index (Phi) is 4.51. The summed E-state index contributed by atoms with van der Waals surface area (Å²) in [5.74, 6) is 0.138. The number of urea groups is 1. The molecule has 7 heteroatoms. The fourth-order valence-corrected chi connectivity index (χ4v) is 3.84. The molecule has 0 atom stereocenters. The molecule has 1 saturated carbocycles. The summed E-state index contributed by atoms with van der Waals surface area (Å²) < 4.78 is 39.4. The molecule has 3 rings (SSSR count). The first-order valence-corrected chi connectivity index (χ1v) is 8.56. The molecule has 1 aliphatic heterocycles. The lowest BCUT2D eigenvalue weighted by molar-refractivity contribution is -0.139. The lowest BCUT2D eigenvalue weighted by Gasteiger charge is -2.34. The minimum Gasteiger partial charge on any atom is -0.323 e. The molecule has 1 saturated heterocycles. The fraction of sp³-hybridized carbons (Fsp3) is 0.556. The Balaban J connectivity index is 1.81. The van der Waals surface area contributed by atoms with E-state index in [1.807, 2.05) is 0 Å². The average molecular weight is 354 g/mol. The van der Waals surface area contributed by atoms with E-state index in [-0.39, 0.29) is 12.1 Å². The topological polar surface area (TPSA) is 49.4 Å². The zero-order valence-corrected chi connectivity index (χ0v) is 14.0.